The summed E-state index contributed by atoms with van der Waals surface area (Å²) in [5.41, 5.74) is 3.63. The van der Waals surface area contributed by atoms with Gasteiger partial charge in [-0.15, -0.1) is 0 Å². The van der Waals surface area contributed by atoms with Crippen molar-refractivity contribution in [2.24, 2.45) is 7.05 Å². The Bertz CT molecular complexity index is 919. The van der Waals surface area contributed by atoms with Gasteiger partial charge in [-0.3, -0.25) is 9.48 Å². The molecule has 1 aliphatic rings. The van der Waals surface area contributed by atoms with Crippen LogP contribution in [0, 0.1) is 6.92 Å². The van der Waals surface area contributed by atoms with E-state index in [1.165, 1.54) is 0 Å². The van der Waals surface area contributed by atoms with Gasteiger partial charge in [-0.1, -0.05) is 12.1 Å². The predicted octanol–water partition coefficient (Wildman–Crippen LogP) is 3.08. The Morgan fingerprint density at radius 2 is 2.12 bits per heavy atom. The number of fused-ring (bicyclic) bond motifs is 1. The number of nitrogens with zero attached hydrogens (tertiary/aromatic N) is 5. The van der Waals surface area contributed by atoms with Crippen LogP contribution in [0.3, 0.4) is 0 Å². The molecule has 0 bridgehead atoms. The third kappa shape index (κ3) is 2.52. The molecule has 2 aromatic heterocycles. The zero-order valence-electron chi connectivity index (χ0n) is 14.9. The topological polar surface area (TPSA) is 56.0 Å². The van der Waals surface area contributed by atoms with Crippen LogP contribution in [0.15, 0.2) is 30.3 Å². The number of benzene rings is 1. The summed E-state index contributed by atoms with van der Waals surface area (Å²) in [7, 11) is 1.87. The molecule has 1 amide bonds. The van der Waals surface area contributed by atoms with Crippen molar-refractivity contribution in [1.82, 2.24) is 24.2 Å². The van der Waals surface area contributed by atoms with Gasteiger partial charge in [-0.2, -0.15) is 5.10 Å². The first-order chi connectivity index (χ1) is 12.1. The second-order valence-corrected chi connectivity index (χ2v) is 6.65. The third-order valence-electron chi connectivity index (χ3n) is 5.14. The highest BCUT2D eigenvalue weighted by atomic mass is 16.2. The first kappa shape index (κ1) is 15.9. The fraction of sp³-hybridized carbons (Fsp3) is 0.421. The monoisotopic (exact) mass is 337 g/mol. The van der Waals surface area contributed by atoms with Gasteiger partial charge in [-0.05, 0) is 44.9 Å². The maximum absolute atomic E-state index is 13.0. The lowest BCUT2D eigenvalue weighted by atomic mass is 10.2. The fourth-order valence-electron chi connectivity index (χ4n) is 3.77. The van der Waals surface area contributed by atoms with Gasteiger partial charge in [0.1, 0.15) is 5.82 Å². The van der Waals surface area contributed by atoms with E-state index < -0.39 is 0 Å². The maximum atomic E-state index is 13.0. The van der Waals surface area contributed by atoms with Crippen molar-refractivity contribution in [2.45, 2.75) is 39.3 Å². The molecule has 1 atom stereocenters. The molecule has 6 heteroatoms. The number of aromatic nitrogens is 4. The van der Waals surface area contributed by atoms with Crippen molar-refractivity contribution in [1.29, 1.82) is 0 Å². The Kier molecular flexibility index (Phi) is 3.82. The Balaban J connectivity index is 1.73. The van der Waals surface area contributed by atoms with Gasteiger partial charge in [0.25, 0.3) is 5.91 Å². The van der Waals surface area contributed by atoms with Gasteiger partial charge in [0.2, 0.25) is 0 Å². The van der Waals surface area contributed by atoms with Crippen molar-refractivity contribution in [3.8, 4) is 0 Å². The van der Waals surface area contributed by atoms with Crippen LogP contribution in [0.4, 0.5) is 0 Å². The van der Waals surface area contributed by atoms with Gasteiger partial charge >= 0.3 is 0 Å². The number of imidazole rings is 1. The highest BCUT2D eigenvalue weighted by Crippen LogP contribution is 2.34. The van der Waals surface area contributed by atoms with Crippen LogP contribution in [0.1, 0.15) is 47.8 Å². The van der Waals surface area contributed by atoms with Gasteiger partial charge in [0, 0.05) is 25.8 Å². The lowest BCUT2D eigenvalue weighted by Gasteiger charge is -2.24. The van der Waals surface area contributed by atoms with Crippen LogP contribution < -0.4 is 0 Å². The Labute approximate surface area is 147 Å². The molecule has 25 heavy (non-hydrogen) atoms. The molecular formula is C19H23N5O. The summed E-state index contributed by atoms with van der Waals surface area (Å²) >= 11 is 0. The van der Waals surface area contributed by atoms with E-state index in [4.69, 9.17) is 4.98 Å². The zero-order valence-corrected chi connectivity index (χ0v) is 14.9. The van der Waals surface area contributed by atoms with Gasteiger partial charge in [0.05, 0.1) is 17.1 Å². The van der Waals surface area contributed by atoms with Crippen molar-refractivity contribution in [3.63, 3.8) is 0 Å². The Morgan fingerprint density at radius 1 is 1.32 bits per heavy atom. The third-order valence-corrected chi connectivity index (χ3v) is 5.14. The van der Waals surface area contributed by atoms with Crippen LogP contribution >= 0.6 is 0 Å². The molecule has 0 radical (unpaired) electrons. The molecular weight excluding hydrogens is 314 g/mol. The van der Waals surface area contributed by atoms with Gasteiger partial charge in [0.15, 0.2) is 5.69 Å². The molecule has 3 heterocycles. The molecule has 0 N–H and O–H groups in total. The molecule has 0 saturated carbocycles. The van der Waals surface area contributed by atoms with E-state index in [-0.39, 0.29) is 11.9 Å². The number of amides is 1. The number of hydrogen-bond acceptors (Lipinski definition) is 3. The van der Waals surface area contributed by atoms with E-state index in [1.54, 1.807) is 4.68 Å². The number of hydrogen-bond donors (Lipinski definition) is 0. The van der Waals surface area contributed by atoms with E-state index in [1.807, 2.05) is 43.1 Å². The first-order valence-corrected chi connectivity index (χ1v) is 8.87. The lowest BCUT2D eigenvalue weighted by Crippen LogP contribution is -2.32. The number of aryl methyl sites for hydroxylation is 3. The molecule has 1 fully saturated rings. The van der Waals surface area contributed by atoms with Crippen molar-refractivity contribution in [2.75, 3.05) is 6.54 Å². The number of rotatable bonds is 3. The minimum absolute atomic E-state index is 0.000842. The average molecular weight is 337 g/mol. The summed E-state index contributed by atoms with van der Waals surface area (Å²) in [6, 6.07) is 10.1. The van der Waals surface area contributed by atoms with Crippen LogP contribution in [0.2, 0.25) is 0 Å². The molecule has 3 aromatic rings. The van der Waals surface area contributed by atoms with Crippen LogP contribution in [-0.4, -0.2) is 36.7 Å². The largest absolute Gasteiger partial charge is 0.327 e. The molecule has 4 rings (SSSR count). The summed E-state index contributed by atoms with van der Waals surface area (Å²) in [5, 5.41) is 4.37. The van der Waals surface area contributed by atoms with E-state index in [2.05, 4.69) is 22.7 Å². The molecule has 1 unspecified atom stereocenters. The van der Waals surface area contributed by atoms with Crippen LogP contribution in [0.5, 0.6) is 0 Å². The van der Waals surface area contributed by atoms with E-state index >= 15 is 0 Å². The summed E-state index contributed by atoms with van der Waals surface area (Å²) in [4.78, 5) is 19.8. The van der Waals surface area contributed by atoms with Gasteiger partial charge < -0.3 is 9.47 Å². The van der Waals surface area contributed by atoms with Crippen molar-refractivity contribution in [3.05, 3.63) is 47.5 Å². The number of para-hydroxylation sites is 2. The zero-order chi connectivity index (χ0) is 17.6. The fourth-order valence-corrected chi connectivity index (χ4v) is 3.77. The Hall–Kier alpha value is -2.63. The van der Waals surface area contributed by atoms with Crippen LogP contribution in [-0.2, 0) is 13.6 Å². The molecule has 1 saturated heterocycles. The highest BCUT2D eigenvalue weighted by molar-refractivity contribution is 5.93. The Morgan fingerprint density at radius 3 is 2.84 bits per heavy atom. The molecule has 1 aliphatic heterocycles. The van der Waals surface area contributed by atoms with E-state index in [9.17, 15) is 4.79 Å². The second-order valence-electron chi connectivity index (χ2n) is 6.65. The maximum Gasteiger partial charge on any atom is 0.274 e. The average Bonchev–Trinajstić information content (AvgIpc) is 3.31. The summed E-state index contributed by atoms with van der Waals surface area (Å²) in [6.45, 7) is 5.69. The molecule has 6 nitrogen and oxygen atoms in total. The minimum Gasteiger partial charge on any atom is -0.327 e. The molecule has 0 spiro atoms. The summed E-state index contributed by atoms with van der Waals surface area (Å²) in [6.07, 6.45) is 1.94. The highest BCUT2D eigenvalue weighted by Gasteiger charge is 2.35. The first-order valence-electron chi connectivity index (χ1n) is 8.87. The normalized spacial score (nSPS) is 17.6. The van der Waals surface area contributed by atoms with Crippen molar-refractivity contribution < 1.29 is 4.79 Å². The van der Waals surface area contributed by atoms with Crippen molar-refractivity contribution >= 4 is 16.9 Å². The second kappa shape index (κ2) is 6.02. The van der Waals surface area contributed by atoms with Gasteiger partial charge in [-0.25, -0.2) is 4.98 Å². The van der Waals surface area contributed by atoms with E-state index in [0.29, 0.717) is 5.69 Å². The summed E-state index contributed by atoms with van der Waals surface area (Å²) in [5.74, 6) is 0.989. The number of likely N-dealkylation sites (tertiary alicyclic amines) is 1. The molecule has 130 valence electrons. The molecule has 1 aromatic carbocycles. The lowest BCUT2D eigenvalue weighted by molar-refractivity contribution is 0.0721. The molecule has 0 aliphatic carbocycles. The van der Waals surface area contributed by atoms with Crippen LogP contribution in [0.25, 0.3) is 11.0 Å². The quantitative estimate of drug-likeness (QED) is 0.738. The van der Waals surface area contributed by atoms with E-state index in [0.717, 1.165) is 48.5 Å². The number of carbonyl (C=O) groups is 1. The minimum atomic E-state index is 0.000842. The standard InChI is InChI=1S/C19H23N5O/c1-4-23-16-9-6-5-8-14(16)20-18(23)17-10-7-11-24(17)19(25)15-12-13(2)22(3)21-15/h5-6,8-9,12,17H,4,7,10-11H2,1-3H3. The predicted molar refractivity (Wildman–Crippen MR) is 96.4 cm³/mol. The summed E-state index contributed by atoms with van der Waals surface area (Å²) < 4.78 is 3.98. The SMILES string of the molecule is CCn1c(C2CCCN2C(=O)c2cc(C)n(C)n2)nc2ccccc21. The smallest absolute Gasteiger partial charge is 0.274 e. The number of carbonyl (C=O) groups excluding carboxylic acids is 1.